The largest absolute Gasteiger partial charge is 0.421 e. The maximum atomic E-state index is 13.3. The van der Waals surface area contributed by atoms with Gasteiger partial charge in [0.25, 0.3) is 10.0 Å². The Kier molecular flexibility index (Phi) is 7.52. The van der Waals surface area contributed by atoms with Crippen LogP contribution in [0.3, 0.4) is 0 Å². The highest BCUT2D eigenvalue weighted by Gasteiger charge is 2.51. The number of anilines is 1. The molecule has 194 valence electrons. The first-order valence-corrected chi connectivity index (χ1v) is 13.8. The summed E-state index contributed by atoms with van der Waals surface area (Å²) in [4.78, 5) is 4.11. The third-order valence-corrected chi connectivity index (χ3v) is 10.0. The van der Waals surface area contributed by atoms with Crippen molar-refractivity contribution in [1.82, 2.24) is 9.21 Å². The number of hydrogen-bond donors (Lipinski definition) is 2. The molecule has 0 bridgehead atoms. The third kappa shape index (κ3) is 5.52. The van der Waals surface area contributed by atoms with E-state index in [9.17, 15) is 31.8 Å². The highest BCUT2D eigenvalue weighted by molar-refractivity contribution is 7.91. The van der Waals surface area contributed by atoms with Crippen LogP contribution in [0.5, 0.6) is 0 Å². The second-order valence-corrected chi connectivity index (χ2v) is 12.4. The molecule has 0 amide bonds. The van der Waals surface area contributed by atoms with Gasteiger partial charge in [-0.15, -0.1) is 11.3 Å². The maximum absolute atomic E-state index is 13.3. The van der Waals surface area contributed by atoms with Gasteiger partial charge < -0.3 is 15.1 Å². The van der Waals surface area contributed by atoms with E-state index in [1.165, 1.54) is 28.6 Å². The number of benzene rings is 1. The molecule has 0 aliphatic carbocycles. The van der Waals surface area contributed by atoms with Crippen LogP contribution in [0.25, 0.3) is 0 Å². The standard InChI is InChI=1S/C23H30F3N3O4S2/c1-22(31,23(24,25)26)17-6-8-18(9-7-17)29-12-11-28(35(32,33)21-5-3-13-34-21)15-19(29)14-27-10-2-4-20(30)16-27/h3,5-9,13,19-20,30-31H,2,4,10-12,14-16H2,1H3. The molecule has 2 fully saturated rings. The minimum Gasteiger partial charge on any atom is -0.392 e. The minimum atomic E-state index is -4.81. The lowest BCUT2D eigenvalue weighted by molar-refractivity contribution is -0.258. The SMILES string of the molecule is CC(O)(c1ccc(N2CCN(S(=O)(=O)c3cccs3)CC2CN2CCCC(O)C2)cc1)C(F)(F)F. The Morgan fingerprint density at radius 3 is 2.40 bits per heavy atom. The number of piperidine rings is 1. The Hall–Kier alpha value is -1.70. The Bertz CT molecular complexity index is 1090. The minimum absolute atomic E-state index is 0.217. The monoisotopic (exact) mass is 533 g/mol. The molecule has 0 saturated carbocycles. The Balaban J connectivity index is 1.59. The molecule has 0 radical (unpaired) electrons. The summed E-state index contributed by atoms with van der Waals surface area (Å²) in [6.45, 7) is 3.33. The van der Waals surface area contributed by atoms with Crippen molar-refractivity contribution in [3.8, 4) is 0 Å². The van der Waals surface area contributed by atoms with Crippen LogP contribution in [0.1, 0.15) is 25.3 Å². The van der Waals surface area contributed by atoms with E-state index in [1.54, 1.807) is 17.5 Å². The van der Waals surface area contributed by atoms with E-state index in [1.807, 2.05) is 4.90 Å². The molecule has 12 heteroatoms. The average molecular weight is 534 g/mol. The van der Waals surface area contributed by atoms with Crippen molar-refractivity contribution in [2.45, 2.75) is 47.9 Å². The van der Waals surface area contributed by atoms with Gasteiger partial charge in [0.1, 0.15) is 4.21 Å². The molecular formula is C23H30F3N3O4S2. The number of alkyl halides is 3. The molecule has 3 unspecified atom stereocenters. The molecule has 7 nitrogen and oxygen atoms in total. The van der Waals surface area contributed by atoms with Gasteiger partial charge in [-0.25, -0.2) is 8.42 Å². The average Bonchev–Trinajstić information content (AvgIpc) is 3.34. The van der Waals surface area contributed by atoms with Gasteiger partial charge in [0.05, 0.1) is 12.1 Å². The van der Waals surface area contributed by atoms with Gasteiger partial charge >= 0.3 is 6.18 Å². The van der Waals surface area contributed by atoms with Crippen molar-refractivity contribution in [3.63, 3.8) is 0 Å². The van der Waals surface area contributed by atoms with Crippen molar-refractivity contribution < 1.29 is 31.8 Å². The molecule has 2 saturated heterocycles. The third-order valence-electron chi connectivity index (χ3n) is 6.80. The number of piperazine rings is 1. The van der Waals surface area contributed by atoms with Gasteiger partial charge in [-0.05, 0) is 55.5 Å². The Labute approximate surface area is 207 Å². The first-order chi connectivity index (χ1) is 16.4. The van der Waals surface area contributed by atoms with E-state index in [4.69, 9.17) is 0 Å². The Morgan fingerprint density at radius 1 is 1.09 bits per heavy atom. The summed E-state index contributed by atoms with van der Waals surface area (Å²) >= 11 is 1.16. The van der Waals surface area contributed by atoms with Crippen LogP contribution >= 0.6 is 11.3 Å². The number of halogens is 3. The summed E-state index contributed by atoms with van der Waals surface area (Å²) in [7, 11) is -3.65. The zero-order chi connectivity index (χ0) is 25.4. The van der Waals surface area contributed by atoms with E-state index in [0.717, 1.165) is 37.6 Å². The lowest BCUT2D eigenvalue weighted by atomic mass is 9.95. The molecule has 2 aromatic rings. The van der Waals surface area contributed by atoms with Crippen LogP contribution in [0.4, 0.5) is 18.9 Å². The van der Waals surface area contributed by atoms with Crippen LogP contribution in [0.2, 0.25) is 0 Å². The smallest absolute Gasteiger partial charge is 0.392 e. The second kappa shape index (κ2) is 9.98. The van der Waals surface area contributed by atoms with Crippen LogP contribution in [-0.2, 0) is 15.6 Å². The van der Waals surface area contributed by atoms with E-state index in [-0.39, 0.29) is 28.9 Å². The molecule has 2 aliphatic heterocycles. The molecule has 2 N–H and O–H groups in total. The number of likely N-dealkylation sites (tertiary alicyclic amines) is 1. The fourth-order valence-electron chi connectivity index (χ4n) is 4.71. The van der Waals surface area contributed by atoms with Gasteiger partial charge in [-0.2, -0.15) is 17.5 Å². The predicted molar refractivity (Wildman–Crippen MR) is 128 cm³/mol. The normalized spacial score (nSPS) is 24.9. The fraction of sp³-hybridized carbons (Fsp3) is 0.565. The number of rotatable bonds is 6. The number of aliphatic hydroxyl groups excluding tert-OH is 1. The molecule has 4 rings (SSSR count). The topological polar surface area (TPSA) is 84.3 Å². The number of sulfonamides is 1. The summed E-state index contributed by atoms with van der Waals surface area (Å²) in [5.41, 5.74) is -2.58. The van der Waals surface area contributed by atoms with E-state index >= 15 is 0 Å². The van der Waals surface area contributed by atoms with Crippen LogP contribution in [0.15, 0.2) is 46.0 Å². The van der Waals surface area contributed by atoms with Crippen molar-refractivity contribution in [2.75, 3.05) is 44.2 Å². The van der Waals surface area contributed by atoms with Gasteiger partial charge in [0.15, 0.2) is 5.60 Å². The number of nitrogens with zero attached hydrogens (tertiary/aromatic N) is 3. The van der Waals surface area contributed by atoms with Gasteiger partial charge in [0, 0.05) is 38.4 Å². The lowest BCUT2D eigenvalue weighted by Gasteiger charge is -2.45. The molecular weight excluding hydrogens is 503 g/mol. The summed E-state index contributed by atoms with van der Waals surface area (Å²) < 4.78 is 67.8. The maximum Gasteiger partial charge on any atom is 0.421 e. The molecule has 1 aromatic carbocycles. The van der Waals surface area contributed by atoms with Crippen LogP contribution in [-0.4, -0.2) is 85.4 Å². The molecule has 3 atom stereocenters. The van der Waals surface area contributed by atoms with Crippen molar-refractivity contribution in [2.24, 2.45) is 0 Å². The molecule has 3 heterocycles. The summed E-state index contributed by atoms with van der Waals surface area (Å²) in [6, 6.07) is 8.61. The van der Waals surface area contributed by atoms with Gasteiger partial charge in [0.2, 0.25) is 0 Å². The van der Waals surface area contributed by atoms with E-state index in [2.05, 4.69) is 4.90 Å². The van der Waals surface area contributed by atoms with Crippen molar-refractivity contribution in [3.05, 3.63) is 47.3 Å². The molecule has 1 aromatic heterocycles. The lowest BCUT2D eigenvalue weighted by Crippen LogP contribution is -2.59. The van der Waals surface area contributed by atoms with E-state index < -0.39 is 27.9 Å². The molecule has 35 heavy (non-hydrogen) atoms. The summed E-state index contributed by atoms with van der Waals surface area (Å²) in [5.74, 6) is 0. The second-order valence-electron chi connectivity index (χ2n) is 9.31. The van der Waals surface area contributed by atoms with Crippen molar-refractivity contribution in [1.29, 1.82) is 0 Å². The highest BCUT2D eigenvalue weighted by atomic mass is 32.2. The van der Waals surface area contributed by atoms with Crippen molar-refractivity contribution >= 4 is 27.0 Å². The first kappa shape index (κ1) is 26.4. The summed E-state index contributed by atoms with van der Waals surface area (Å²) in [6.07, 6.45) is -3.68. The molecule has 2 aliphatic rings. The first-order valence-electron chi connectivity index (χ1n) is 11.5. The summed E-state index contributed by atoms with van der Waals surface area (Å²) in [5, 5.41) is 21.8. The fourth-order valence-corrected chi connectivity index (χ4v) is 7.33. The quantitative estimate of drug-likeness (QED) is 0.594. The van der Waals surface area contributed by atoms with E-state index in [0.29, 0.717) is 25.3 Å². The predicted octanol–water partition coefficient (Wildman–Crippen LogP) is 2.85. The van der Waals surface area contributed by atoms with Crippen LogP contribution in [0, 0.1) is 0 Å². The van der Waals surface area contributed by atoms with Crippen LogP contribution < -0.4 is 4.90 Å². The zero-order valence-electron chi connectivity index (χ0n) is 19.4. The Morgan fingerprint density at radius 2 is 1.80 bits per heavy atom. The van der Waals surface area contributed by atoms with Gasteiger partial charge in [-0.1, -0.05) is 18.2 Å². The number of β-amino-alcohol motifs (C(OH)–C–C–N with tert-alkyl or cyclic N) is 1. The zero-order valence-corrected chi connectivity index (χ0v) is 21.0. The number of aliphatic hydroxyl groups is 2. The van der Waals surface area contributed by atoms with Gasteiger partial charge in [-0.3, -0.25) is 4.90 Å². The highest BCUT2D eigenvalue weighted by Crippen LogP contribution is 2.39. The molecule has 0 spiro atoms. The number of hydrogen-bond acceptors (Lipinski definition) is 7. The number of thiophene rings is 1.